The van der Waals surface area contributed by atoms with Gasteiger partial charge in [-0.1, -0.05) is 35.0 Å². The predicted octanol–water partition coefficient (Wildman–Crippen LogP) is 2.51. The molecule has 0 bridgehead atoms. The van der Waals surface area contributed by atoms with Gasteiger partial charge >= 0.3 is 0 Å². The van der Waals surface area contributed by atoms with Crippen LogP contribution in [0.25, 0.3) is 0 Å². The van der Waals surface area contributed by atoms with Crippen LogP contribution < -0.4 is 0 Å². The maximum Gasteiger partial charge on any atom is 0.0878 e. The van der Waals surface area contributed by atoms with E-state index in [2.05, 4.69) is 15.9 Å². The Balaban J connectivity index is 2.70. The molecular formula is C12H17BrO2. The number of halogens is 1. The Labute approximate surface area is 99.1 Å². The first-order valence-corrected chi connectivity index (χ1v) is 5.90. The molecule has 0 saturated carbocycles. The molecule has 1 rings (SSSR count). The molecule has 0 aliphatic carbocycles. The quantitative estimate of drug-likeness (QED) is 0.885. The molecule has 2 nitrogen and oxygen atoms in total. The minimum Gasteiger partial charge on any atom is -0.390 e. The Hall–Kier alpha value is -0.380. The zero-order valence-electron chi connectivity index (χ0n) is 9.07. The average molecular weight is 273 g/mol. The summed E-state index contributed by atoms with van der Waals surface area (Å²) in [6.45, 7) is 3.53. The number of aliphatic hydroxyl groups is 2. The highest BCUT2D eigenvalue weighted by Crippen LogP contribution is 2.20. The van der Waals surface area contributed by atoms with Gasteiger partial charge in [-0.15, -0.1) is 0 Å². The highest BCUT2D eigenvalue weighted by molar-refractivity contribution is 9.10. The Morgan fingerprint density at radius 2 is 2.13 bits per heavy atom. The van der Waals surface area contributed by atoms with Crippen molar-refractivity contribution in [2.24, 2.45) is 0 Å². The van der Waals surface area contributed by atoms with E-state index in [4.69, 9.17) is 0 Å². The number of hydrogen-bond donors (Lipinski definition) is 2. The normalized spacial score (nSPS) is 17.1. The molecule has 0 amide bonds. The Morgan fingerprint density at radius 3 is 2.67 bits per heavy atom. The summed E-state index contributed by atoms with van der Waals surface area (Å²) in [5, 5.41) is 19.7. The van der Waals surface area contributed by atoms with Gasteiger partial charge in [-0.05, 0) is 31.0 Å². The molecule has 0 saturated heterocycles. The van der Waals surface area contributed by atoms with Gasteiger partial charge in [-0.2, -0.15) is 0 Å². The highest BCUT2D eigenvalue weighted by Gasteiger charge is 2.28. The smallest absolute Gasteiger partial charge is 0.0878 e. The fourth-order valence-corrected chi connectivity index (χ4v) is 1.79. The first-order valence-electron chi connectivity index (χ1n) is 5.10. The highest BCUT2D eigenvalue weighted by atomic mass is 79.9. The zero-order valence-corrected chi connectivity index (χ0v) is 10.7. The van der Waals surface area contributed by atoms with E-state index in [1.807, 2.05) is 31.2 Å². The number of aliphatic hydroxyl groups excluding tert-OH is 1. The van der Waals surface area contributed by atoms with E-state index in [-0.39, 0.29) is 0 Å². The van der Waals surface area contributed by atoms with Crippen LogP contribution in [0.3, 0.4) is 0 Å². The lowest BCUT2D eigenvalue weighted by molar-refractivity contribution is -0.0629. The largest absolute Gasteiger partial charge is 0.390 e. The van der Waals surface area contributed by atoms with Crippen molar-refractivity contribution in [3.05, 3.63) is 34.3 Å². The van der Waals surface area contributed by atoms with Gasteiger partial charge < -0.3 is 10.2 Å². The number of hydrogen-bond acceptors (Lipinski definition) is 2. The maximum atomic E-state index is 9.86. The molecule has 2 N–H and O–H groups in total. The van der Waals surface area contributed by atoms with Crippen molar-refractivity contribution in [3.8, 4) is 0 Å². The van der Waals surface area contributed by atoms with Gasteiger partial charge in [0.15, 0.2) is 0 Å². The standard InChI is InChI=1S/C12H17BrO2/c1-3-12(2,15)11(14)8-9-5-4-6-10(13)7-9/h4-7,11,14-15H,3,8H2,1-2H3. The fraction of sp³-hybridized carbons (Fsp3) is 0.500. The van der Waals surface area contributed by atoms with Gasteiger partial charge in [0.05, 0.1) is 11.7 Å². The third kappa shape index (κ3) is 3.59. The monoisotopic (exact) mass is 272 g/mol. The van der Waals surface area contributed by atoms with E-state index in [9.17, 15) is 10.2 Å². The summed E-state index contributed by atoms with van der Waals surface area (Å²) in [6, 6.07) is 7.76. The summed E-state index contributed by atoms with van der Waals surface area (Å²) in [5.41, 5.74) is 0.00748. The average Bonchev–Trinajstić information content (AvgIpc) is 2.17. The summed E-state index contributed by atoms with van der Waals surface area (Å²) < 4.78 is 0.989. The van der Waals surface area contributed by atoms with Crippen LogP contribution in [0.15, 0.2) is 28.7 Å². The minimum atomic E-state index is -1.01. The molecule has 0 spiro atoms. The van der Waals surface area contributed by atoms with Crippen LogP contribution in [-0.4, -0.2) is 21.9 Å². The lowest BCUT2D eigenvalue weighted by Crippen LogP contribution is -2.39. The second-order valence-electron chi connectivity index (χ2n) is 4.06. The van der Waals surface area contributed by atoms with Gasteiger partial charge in [0.25, 0.3) is 0 Å². The van der Waals surface area contributed by atoms with Crippen molar-refractivity contribution < 1.29 is 10.2 Å². The first-order chi connectivity index (χ1) is 6.95. The molecule has 0 heterocycles. The van der Waals surface area contributed by atoms with Crippen molar-refractivity contribution in [1.82, 2.24) is 0 Å². The Morgan fingerprint density at radius 1 is 1.47 bits per heavy atom. The molecule has 1 aromatic rings. The second-order valence-corrected chi connectivity index (χ2v) is 4.98. The molecule has 2 atom stereocenters. The van der Waals surface area contributed by atoms with Crippen LogP contribution in [0.5, 0.6) is 0 Å². The summed E-state index contributed by atoms with van der Waals surface area (Å²) in [6.07, 6.45) is 0.291. The van der Waals surface area contributed by atoms with Gasteiger partial charge in [-0.25, -0.2) is 0 Å². The number of rotatable bonds is 4. The van der Waals surface area contributed by atoms with E-state index in [0.29, 0.717) is 12.8 Å². The van der Waals surface area contributed by atoms with Crippen LogP contribution in [0.4, 0.5) is 0 Å². The molecule has 0 radical (unpaired) electrons. The minimum absolute atomic E-state index is 0.472. The van der Waals surface area contributed by atoms with E-state index in [0.717, 1.165) is 10.0 Å². The Bertz CT molecular complexity index is 323. The summed E-state index contributed by atoms with van der Waals surface area (Å²) in [7, 11) is 0. The molecule has 3 heteroatoms. The molecular weight excluding hydrogens is 256 g/mol. The van der Waals surface area contributed by atoms with Gasteiger partial charge in [0, 0.05) is 10.9 Å². The van der Waals surface area contributed by atoms with Gasteiger partial charge in [0.1, 0.15) is 0 Å². The van der Waals surface area contributed by atoms with Crippen molar-refractivity contribution in [2.75, 3.05) is 0 Å². The van der Waals surface area contributed by atoms with Crippen LogP contribution in [-0.2, 0) is 6.42 Å². The second kappa shape index (κ2) is 5.10. The third-order valence-corrected chi connectivity index (χ3v) is 3.24. The van der Waals surface area contributed by atoms with E-state index in [1.165, 1.54) is 0 Å². The van der Waals surface area contributed by atoms with Crippen LogP contribution in [0, 0.1) is 0 Å². The molecule has 1 aromatic carbocycles. The Kier molecular flexibility index (Phi) is 4.32. The first kappa shape index (κ1) is 12.7. The van der Waals surface area contributed by atoms with E-state index >= 15 is 0 Å². The van der Waals surface area contributed by atoms with E-state index in [1.54, 1.807) is 6.92 Å². The lowest BCUT2D eigenvalue weighted by Gasteiger charge is -2.27. The van der Waals surface area contributed by atoms with Crippen molar-refractivity contribution in [1.29, 1.82) is 0 Å². The topological polar surface area (TPSA) is 40.5 Å². The van der Waals surface area contributed by atoms with E-state index < -0.39 is 11.7 Å². The van der Waals surface area contributed by atoms with Crippen molar-refractivity contribution >= 4 is 15.9 Å². The third-order valence-electron chi connectivity index (χ3n) is 2.75. The van der Waals surface area contributed by atoms with Gasteiger partial charge in [-0.3, -0.25) is 0 Å². The molecule has 0 aromatic heterocycles. The fourth-order valence-electron chi connectivity index (χ4n) is 1.34. The number of benzene rings is 1. The lowest BCUT2D eigenvalue weighted by atomic mass is 9.91. The predicted molar refractivity (Wildman–Crippen MR) is 64.8 cm³/mol. The van der Waals surface area contributed by atoms with Crippen LogP contribution >= 0.6 is 15.9 Å². The summed E-state index contributed by atoms with van der Waals surface area (Å²) in [4.78, 5) is 0. The molecule has 2 unspecified atom stereocenters. The van der Waals surface area contributed by atoms with Crippen molar-refractivity contribution in [3.63, 3.8) is 0 Å². The molecule has 15 heavy (non-hydrogen) atoms. The molecule has 84 valence electrons. The molecule has 0 aliphatic heterocycles. The molecule has 0 fully saturated rings. The summed E-state index contributed by atoms with van der Waals surface area (Å²) in [5.74, 6) is 0. The maximum absolute atomic E-state index is 9.86. The zero-order chi connectivity index (χ0) is 11.5. The van der Waals surface area contributed by atoms with Gasteiger partial charge in [0.2, 0.25) is 0 Å². The summed E-state index contributed by atoms with van der Waals surface area (Å²) >= 11 is 3.38. The van der Waals surface area contributed by atoms with Crippen LogP contribution in [0.2, 0.25) is 0 Å². The van der Waals surface area contributed by atoms with Crippen molar-refractivity contribution in [2.45, 2.75) is 38.4 Å². The molecule has 0 aliphatic rings. The SMILES string of the molecule is CCC(C)(O)C(O)Cc1cccc(Br)c1. The van der Waals surface area contributed by atoms with Crippen LogP contribution in [0.1, 0.15) is 25.8 Å².